The fraction of sp³-hybridized carbons (Fsp3) is 0.843. The van der Waals surface area contributed by atoms with E-state index in [2.05, 4.69) is 15.4 Å². The number of cyclic esters (lactones) is 1. The number of hydrogen-bond acceptors (Lipinski definition) is 17. The molecule has 20 nitrogen and oxygen atoms in total. The number of benzene rings is 1. The topological polar surface area (TPSA) is 267 Å². The van der Waals surface area contributed by atoms with Crippen LogP contribution in [0.4, 0.5) is 18.9 Å². The van der Waals surface area contributed by atoms with Gasteiger partial charge in [-0.3, -0.25) is 14.3 Å². The highest BCUT2D eigenvalue weighted by Crippen LogP contribution is 2.43. The van der Waals surface area contributed by atoms with Crippen LogP contribution in [0.2, 0.25) is 0 Å². The molecule has 0 aliphatic carbocycles. The normalized spacial score (nSPS) is 40.3. The smallest absolute Gasteiger partial charge is 0.416 e. The second-order valence-corrected chi connectivity index (χ2v) is 24.0. The lowest BCUT2D eigenvalue weighted by Crippen LogP contribution is -2.70. The molecule has 75 heavy (non-hydrogen) atoms. The number of halogens is 3. The minimum absolute atomic E-state index is 0.00243. The van der Waals surface area contributed by atoms with E-state index in [1.165, 1.54) is 34.9 Å². The van der Waals surface area contributed by atoms with E-state index in [-0.39, 0.29) is 56.3 Å². The first kappa shape index (κ1) is 63.0. The van der Waals surface area contributed by atoms with Crippen LogP contribution in [0.15, 0.2) is 24.3 Å². The van der Waals surface area contributed by atoms with Gasteiger partial charge in [0.25, 0.3) is 0 Å². The van der Waals surface area contributed by atoms with Crippen molar-refractivity contribution in [2.24, 2.45) is 17.8 Å². The van der Waals surface area contributed by atoms with Crippen LogP contribution in [-0.4, -0.2) is 192 Å². The standard InChI is InChI=1S/C51H86F3N5O15S/c1-13-38-49(10,65)43(62)33(6)56-27-29(2)25-47(8,64)44(74-46-41(61)37(24-30(3)70-46)58(11)75(67,68)57-36-19-17-35(18-20-36)51(52,53)54)31(4)42(32(5)45(63)72-38)73-40-26-48(9,69-12)50(66,34(7)71-40)28-55-21-15-23-59-22-14-16-39(59)60/h17-20,29-34,37-38,40-44,46,55-57,61-62,64-66H,13-16,21-28H2,1-12H3/t29?,30-,31?,32?,33?,34+,37+,38?,40+,41-,42?,43?,44?,46+,47?,48-,49?,50+/m1/s1. The van der Waals surface area contributed by atoms with Crippen LogP contribution in [0.25, 0.3) is 0 Å². The number of nitrogens with one attached hydrogen (secondary N) is 3. The number of nitrogens with zero attached hydrogens (tertiary/aromatic N) is 2. The molecule has 0 radical (unpaired) electrons. The first-order valence-corrected chi connectivity index (χ1v) is 27.7. The number of alkyl halides is 3. The van der Waals surface area contributed by atoms with Gasteiger partial charge < -0.3 is 69.5 Å². The molecule has 4 saturated heterocycles. The fourth-order valence-electron chi connectivity index (χ4n) is 11.3. The molecule has 24 heteroatoms. The van der Waals surface area contributed by atoms with Gasteiger partial charge >= 0.3 is 22.4 Å². The van der Waals surface area contributed by atoms with E-state index in [9.17, 15) is 56.7 Å². The summed E-state index contributed by atoms with van der Waals surface area (Å²) >= 11 is 0. The molecule has 432 valence electrons. The first-order chi connectivity index (χ1) is 34.7. The maximum Gasteiger partial charge on any atom is 0.416 e. The Morgan fingerprint density at radius 3 is 2.21 bits per heavy atom. The van der Waals surface area contributed by atoms with Crippen LogP contribution in [0, 0.1) is 17.8 Å². The number of ether oxygens (including phenoxy) is 6. The van der Waals surface area contributed by atoms with Crippen molar-refractivity contribution in [2.45, 2.75) is 210 Å². The second-order valence-electron chi connectivity index (χ2n) is 22.3. The highest BCUT2D eigenvalue weighted by atomic mass is 32.2. The predicted molar refractivity (Wildman–Crippen MR) is 270 cm³/mol. The van der Waals surface area contributed by atoms with Gasteiger partial charge in [-0.05, 0) is 124 Å². The Balaban J connectivity index is 1.49. The number of amides is 1. The largest absolute Gasteiger partial charge is 0.459 e. The van der Waals surface area contributed by atoms with Crippen molar-refractivity contribution >= 4 is 27.8 Å². The molecular formula is C51H86F3N5O15S. The number of hydrogen-bond donors (Lipinski definition) is 8. The summed E-state index contributed by atoms with van der Waals surface area (Å²) in [5, 5.41) is 67.1. The number of anilines is 1. The highest BCUT2D eigenvalue weighted by Gasteiger charge is 2.58. The number of rotatable bonds is 16. The summed E-state index contributed by atoms with van der Waals surface area (Å²) in [6.07, 6.45) is -14.3. The summed E-state index contributed by atoms with van der Waals surface area (Å²) in [7, 11) is -1.90. The van der Waals surface area contributed by atoms with Crippen LogP contribution in [0.3, 0.4) is 0 Å². The van der Waals surface area contributed by atoms with Crippen molar-refractivity contribution in [1.29, 1.82) is 0 Å². The molecule has 1 aromatic rings. The van der Waals surface area contributed by atoms with Gasteiger partial charge in [0, 0.05) is 64.3 Å². The summed E-state index contributed by atoms with van der Waals surface area (Å²) in [5.41, 5.74) is -7.91. The van der Waals surface area contributed by atoms with Gasteiger partial charge in [-0.2, -0.15) is 25.9 Å². The van der Waals surface area contributed by atoms with Crippen molar-refractivity contribution in [1.82, 2.24) is 19.8 Å². The molecule has 0 spiro atoms. The molecule has 4 fully saturated rings. The zero-order valence-electron chi connectivity index (χ0n) is 45.6. The number of esters is 1. The summed E-state index contributed by atoms with van der Waals surface area (Å²) in [6.45, 7) is 18.3. The average molecular weight is 1100 g/mol. The molecule has 18 atom stereocenters. The third-order valence-corrected chi connectivity index (χ3v) is 17.7. The number of likely N-dealkylation sites (N-methyl/N-ethyl adjacent to an activating group) is 1. The van der Waals surface area contributed by atoms with Crippen molar-refractivity contribution in [3.8, 4) is 0 Å². The van der Waals surface area contributed by atoms with Gasteiger partial charge in [0.1, 0.15) is 35.1 Å². The lowest BCUT2D eigenvalue weighted by molar-refractivity contribution is -0.336. The Kier molecular flexibility index (Phi) is 21.1. The van der Waals surface area contributed by atoms with E-state index in [1.54, 1.807) is 41.5 Å². The monoisotopic (exact) mass is 1100 g/mol. The van der Waals surface area contributed by atoms with Crippen molar-refractivity contribution in [3.05, 3.63) is 29.8 Å². The minimum Gasteiger partial charge on any atom is -0.459 e. The van der Waals surface area contributed by atoms with E-state index in [1.807, 2.05) is 11.8 Å². The van der Waals surface area contributed by atoms with Gasteiger partial charge in [-0.25, -0.2) is 0 Å². The third-order valence-electron chi connectivity index (χ3n) is 16.2. The number of aliphatic hydroxyl groups is 5. The summed E-state index contributed by atoms with van der Waals surface area (Å²) < 4.78 is 109. The maximum absolute atomic E-state index is 14.6. The van der Waals surface area contributed by atoms with Crippen LogP contribution in [-0.2, 0) is 54.4 Å². The van der Waals surface area contributed by atoms with Gasteiger partial charge in [0.15, 0.2) is 12.6 Å². The van der Waals surface area contributed by atoms with E-state index < -0.39 is 130 Å². The fourth-order valence-corrected chi connectivity index (χ4v) is 12.5. The SMILES string of the molecule is CCC1OC(=O)C(C)C(O[C@H]2C[C@@](C)(OC)[C@](O)(CNCCCN3CCCC3=O)[C@H](C)O2)C(C)C(O[C@@H]2O[C@H](C)C[C@H](N(C)S(=O)(=O)Nc3ccc(C(F)(F)F)cc3)[C@H]2O)C(C)(O)CC(C)CNC(C)C(O)C1(C)O. The van der Waals surface area contributed by atoms with Crippen molar-refractivity contribution in [3.63, 3.8) is 0 Å². The molecule has 0 saturated carbocycles. The molecule has 4 aliphatic rings. The Morgan fingerprint density at radius 2 is 1.63 bits per heavy atom. The minimum atomic E-state index is -4.65. The van der Waals surface area contributed by atoms with Crippen molar-refractivity contribution < 1.29 is 85.1 Å². The molecule has 4 heterocycles. The van der Waals surface area contributed by atoms with E-state index >= 15 is 0 Å². The quantitative estimate of drug-likeness (QED) is 0.0872. The predicted octanol–water partition coefficient (Wildman–Crippen LogP) is 3.28. The molecule has 5 rings (SSSR count). The Bertz CT molecular complexity index is 2150. The van der Waals surface area contributed by atoms with E-state index in [4.69, 9.17) is 28.4 Å². The molecule has 0 aromatic heterocycles. The highest BCUT2D eigenvalue weighted by molar-refractivity contribution is 7.90. The molecule has 1 aromatic carbocycles. The molecule has 4 aliphatic heterocycles. The van der Waals surface area contributed by atoms with Crippen LogP contribution in [0.1, 0.15) is 120 Å². The van der Waals surface area contributed by atoms with Gasteiger partial charge in [-0.1, -0.05) is 20.8 Å². The van der Waals surface area contributed by atoms with E-state index in [0.717, 1.165) is 35.0 Å². The number of aliphatic hydroxyl groups excluding tert-OH is 2. The Morgan fingerprint density at radius 1 is 0.973 bits per heavy atom. The Hall–Kier alpha value is -2.82. The second kappa shape index (κ2) is 25.1. The zero-order valence-corrected chi connectivity index (χ0v) is 46.4. The van der Waals surface area contributed by atoms with Crippen LogP contribution >= 0.6 is 0 Å². The van der Waals surface area contributed by atoms with Crippen LogP contribution in [0.5, 0.6) is 0 Å². The maximum atomic E-state index is 14.6. The number of carbonyl (C=O) groups excluding carboxylic acids is 2. The summed E-state index contributed by atoms with van der Waals surface area (Å²) in [5.74, 6) is -3.38. The summed E-state index contributed by atoms with van der Waals surface area (Å²) in [6, 6.07) is 1.43. The molecule has 1 amide bonds. The number of likely N-dealkylation sites (tertiary alicyclic amines) is 1. The first-order valence-electron chi connectivity index (χ1n) is 26.3. The van der Waals surface area contributed by atoms with Crippen LogP contribution < -0.4 is 15.4 Å². The van der Waals surface area contributed by atoms with Crippen molar-refractivity contribution in [2.75, 3.05) is 51.6 Å². The lowest BCUT2D eigenvalue weighted by Gasteiger charge is -2.53. The van der Waals surface area contributed by atoms with Gasteiger partial charge in [0.2, 0.25) is 5.91 Å². The summed E-state index contributed by atoms with van der Waals surface area (Å²) in [4.78, 5) is 28.6. The number of methoxy groups -OCH3 is 1. The third kappa shape index (κ3) is 14.7. The average Bonchev–Trinajstić information content (AvgIpc) is 3.75. The molecular weight excluding hydrogens is 1010 g/mol. The lowest BCUT2D eigenvalue weighted by atomic mass is 9.75. The molecule has 8 N–H and O–H groups in total. The van der Waals surface area contributed by atoms with Gasteiger partial charge in [0.05, 0.1) is 47.5 Å². The van der Waals surface area contributed by atoms with E-state index in [0.29, 0.717) is 32.5 Å². The Labute approximate surface area is 440 Å². The molecule has 10 unspecified atom stereocenters. The zero-order chi connectivity index (χ0) is 56.2. The molecule has 0 bridgehead atoms. The van der Waals surface area contributed by atoms with Gasteiger partial charge in [-0.15, -0.1) is 0 Å². The number of carbonyl (C=O) groups is 2.